The van der Waals surface area contributed by atoms with E-state index in [0.717, 1.165) is 51.1 Å². The van der Waals surface area contributed by atoms with E-state index in [0.29, 0.717) is 18.5 Å². The molecule has 1 aromatic heterocycles. The lowest BCUT2D eigenvalue weighted by molar-refractivity contribution is -0.135. The van der Waals surface area contributed by atoms with Gasteiger partial charge in [-0.1, -0.05) is 13.8 Å². The molecule has 0 radical (unpaired) electrons. The van der Waals surface area contributed by atoms with Crippen LogP contribution in [0.2, 0.25) is 0 Å². The van der Waals surface area contributed by atoms with Gasteiger partial charge in [0.1, 0.15) is 12.2 Å². The molecule has 1 amide bonds. The van der Waals surface area contributed by atoms with E-state index < -0.39 is 0 Å². The molecule has 0 N–H and O–H groups in total. The highest BCUT2D eigenvalue weighted by Crippen LogP contribution is 2.31. The Labute approximate surface area is 145 Å². The van der Waals surface area contributed by atoms with Gasteiger partial charge in [0.05, 0.1) is 12.6 Å². The average Bonchev–Trinajstić information content (AvgIpc) is 3.16. The van der Waals surface area contributed by atoms with Gasteiger partial charge in [0.15, 0.2) is 0 Å². The van der Waals surface area contributed by atoms with Gasteiger partial charge in [0, 0.05) is 19.1 Å². The third kappa shape index (κ3) is 3.79. The van der Waals surface area contributed by atoms with Crippen LogP contribution in [0.5, 0.6) is 0 Å². The third-order valence-corrected chi connectivity index (χ3v) is 5.33. The third-order valence-electron chi connectivity index (χ3n) is 5.33. The first-order valence-corrected chi connectivity index (χ1v) is 9.47. The predicted molar refractivity (Wildman–Crippen MR) is 93.4 cm³/mol. The topological polar surface area (TPSA) is 54.3 Å². The number of rotatable bonds is 5. The van der Waals surface area contributed by atoms with Gasteiger partial charge in [-0.3, -0.25) is 9.69 Å². The van der Waals surface area contributed by atoms with Crippen molar-refractivity contribution in [1.82, 2.24) is 24.6 Å². The minimum Gasteiger partial charge on any atom is -0.339 e. The van der Waals surface area contributed by atoms with Gasteiger partial charge in [0.2, 0.25) is 5.91 Å². The van der Waals surface area contributed by atoms with Crippen LogP contribution in [0, 0.1) is 5.92 Å². The molecule has 0 saturated carbocycles. The van der Waals surface area contributed by atoms with Gasteiger partial charge in [0.25, 0.3) is 0 Å². The van der Waals surface area contributed by atoms with Crippen LogP contribution < -0.4 is 0 Å². The molecule has 3 heterocycles. The highest BCUT2D eigenvalue weighted by Gasteiger charge is 2.33. The minimum absolute atomic E-state index is 0.232. The fourth-order valence-electron chi connectivity index (χ4n) is 4.10. The maximum atomic E-state index is 12.8. The summed E-state index contributed by atoms with van der Waals surface area (Å²) in [5, 5.41) is 8.51. The summed E-state index contributed by atoms with van der Waals surface area (Å²) in [6.07, 6.45) is 7.55. The summed E-state index contributed by atoms with van der Waals surface area (Å²) in [6, 6.07) is 0.618. The van der Waals surface area contributed by atoms with Crippen molar-refractivity contribution in [2.75, 3.05) is 19.6 Å². The van der Waals surface area contributed by atoms with E-state index in [1.807, 2.05) is 6.33 Å². The molecule has 6 nitrogen and oxygen atoms in total. The Balaban J connectivity index is 1.67. The zero-order valence-corrected chi connectivity index (χ0v) is 15.3. The molecule has 2 aliphatic rings. The van der Waals surface area contributed by atoms with E-state index in [1.54, 1.807) is 0 Å². The van der Waals surface area contributed by atoms with Crippen LogP contribution in [0.15, 0.2) is 6.33 Å². The van der Waals surface area contributed by atoms with Crippen LogP contribution >= 0.6 is 0 Å². The van der Waals surface area contributed by atoms with Crippen LogP contribution in [-0.4, -0.2) is 56.1 Å². The van der Waals surface area contributed by atoms with Crippen LogP contribution in [0.25, 0.3) is 0 Å². The standard InChI is InChI=1S/C18H31N5O/c1-14(2)11-22-13-19-20-18(22)16-8-6-9-21(16)12-17(24)23-10-5-4-7-15(23)3/h13-16H,4-12H2,1-3H3. The van der Waals surface area contributed by atoms with Crippen LogP contribution in [0.4, 0.5) is 0 Å². The van der Waals surface area contributed by atoms with Gasteiger partial charge in [-0.05, 0) is 51.5 Å². The van der Waals surface area contributed by atoms with E-state index in [2.05, 4.69) is 45.3 Å². The van der Waals surface area contributed by atoms with Crippen molar-refractivity contribution in [2.45, 2.75) is 71.5 Å². The number of likely N-dealkylation sites (tertiary alicyclic amines) is 2. The van der Waals surface area contributed by atoms with Gasteiger partial charge < -0.3 is 9.47 Å². The Morgan fingerprint density at radius 2 is 2.08 bits per heavy atom. The largest absolute Gasteiger partial charge is 0.339 e. The van der Waals surface area contributed by atoms with E-state index >= 15 is 0 Å². The summed E-state index contributed by atoms with van der Waals surface area (Å²) in [7, 11) is 0. The quantitative estimate of drug-likeness (QED) is 0.831. The van der Waals surface area contributed by atoms with Gasteiger partial charge in [-0.25, -0.2) is 0 Å². The molecular weight excluding hydrogens is 302 g/mol. The van der Waals surface area contributed by atoms with E-state index in [9.17, 15) is 4.79 Å². The first kappa shape index (κ1) is 17.4. The number of carbonyl (C=O) groups is 1. The normalized spacial score (nSPS) is 25.6. The maximum Gasteiger partial charge on any atom is 0.237 e. The molecule has 6 heteroatoms. The highest BCUT2D eigenvalue weighted by molar-refractivity contribution is 5.78. The average molecular weight is 333 g/mol. The number of hydrogen-bond donors (Lipinski definition) is 0. The van der Waals surface area contributed by atoms with Gasteiger partial charge >= 0.3 is 0 Å². The van der Waals surface area contributed by atoms with Crippen molar-refractivity contribution in [3.05, 3.63) is 12.2 Å². The lowest BCUT2D eigenvalue weighted by Crippen LogP contribution is -2.47. The Bertz CT molecular complexity index is 555. The Morgan fingerprint density at radius 1 is 1.25 bits per heavy atom. The van der Waals surface area contributed by atoms with E-state index in [4.69, 9.17) is 0 Å². The van der Waals surface area contributed by atoms with Crippen LogP contribution in [0.3, 0.4) is 0 Å². The molecular formula is C18H31N5O. The number of carbonyl (C=O) groups excluding carboxylic acids is 1. The molecule has 0 bridgehead atoms. The minimum atomic E-state index is 0.232. The van der Waals surface area contributed by atoms with Gasteiger partial charge in [-0.15, -0.1) is 10.2 Å². The smallest absolute Gasteiger partial charge is 0.237 e. The molecule has 2 saturated heterocycles. The van der Waals surface area contributed by atoms with E-state index in [1.165, 1.54) is 6.42 Å². The molecule has 2 unspecified atom stereocenters. The zero-order chi connectivity index (χ0) is 17.1. The second-order valence-electron chi connectivity index (χ2n) is 7.80. The second-order valence-corrected chi connectivity index (χ2v) is 7.80. The molecule has 2 fully saturated rings. The zero-order valence-electron chi connectivity index (χ0n) is 15.3. The first-order valence-electron chi connectivity index (χ1n) is 9.47. The molecule has 3 rings (SSSR count). The van der Waals surface area contributed by atoms with Crippen molar-refractivity contribution in [3.8, 4) is 0 Å². The molecule has 0 spiro atoms. The summed E-state index contributed by atoms with van der Waals surface area (Å²) in [6.45, 7) is 9.94. The monoisotopic (exact) mass is 333 g/mol. The molecule has 2 atom stereocenters. The fourth-order valence-corrected chi connectivity index (χ4v) is 4.10. The highest BCUT2D eigenvalue weighted by atomic mass is 16.2. The number of nitrogens with zero attached hydrogens (tertiary/aromatic N) is 5. The fraction of sp³-hybridized carbons (Fsp3) is 0.833. The molecule has 0 aromatic carbocycles. The molecule has 0 aliphatic carbocycles. The lowest BCUT2D eigenvalue weighted by atomic mass is 10.0. The number of piperidine rings is 1. The number of amides is 1. The molecule has 2 aliphatic heterocycles. The summed E-state index contributed by atoms with van der Waals surface area (Å²) in [5.41, 5.74) is 0. The maximum absolute atomic E-state index is 12.8. The van der Waals surface area contributed by atoms with Crippen LogP contribution in [0.1, 0.15) is 64.7 Å². The Kier molecular flexibility index (Phi) is 5.54. The van der Waals surface area contributed by atoms with Gasteiger partial charge in [-0.2, -0.15) is 0 Å². The Morgan fingerprint density at radius 3 is 2.83 bits per heavy atom. The molecule has 24 heavy (non-hydrogen) atoms. The summed E-state index contributed by atoms with van der Waals surface area (Å²) in [4.78, 5) is 17.2. The number of aromatic nitrogens is 3. The van der Waals surface area contributed by atoms with Crippen molar-refractivity contribution in [1.29, 1.82) is 0 Å². The predicted octanol–water partition coefficient (Wildman–Crippen LogP) is 2.47. The SMILES string of the molecule is CC(C)Cn1cnnc1C1CCCN1CC(=O)N1CCCCC1C. The molecule has 1 aromatic rings. The Hall–Kier alpha value is -1.43. The lowest BCUT2D eigenvalue weighted by Gasteiger charge is -2.35. The summed E-state index contributed by atoms with van der Waals surface area (Å²) >= 11 is 0. The second kappa shape index (κ2) is 7.64. The van der Waals surface area contributed by atoms with Crippen molar-refractivity contribution in [3.63, 3.8) is 0 Å². The molecule has 134 valence electrons. The van der Waals surface area contributed by atoms with Crippen molar-refractivity contribution >= 4 is 5.91 Å². The van der Waals surface area contributed by atoms with E-state index in [-0.39, 0.29) is 11.9 Å². The van der Waals surface area contributed by atoms with Crippen molar-refractivity contribution in [2.24, 2.45) is 5.92 Å². The first-order chi connectivity index (χ1) is 11.6. The van der Waals surface area contributed by atoms with Crippen molar-refractivity contribution < 1.29 is 4.79 Å². The number of hydrogen-bond acceptors (Lipinski definition) is 4. The summed E-state index contributed by atoms with van der Waals surface area (Å²) in [5.74, 6) is 1.87. The van der Waals surface area contributed by atoms with Crippen LogP contribution in [-0.2, 0) is 11.3 Å². The summed E-state index contributed by atoms with van der Waals surface area (Å²) < 4.78 is 2.17.